The highest BCUT2D eigenvalue weighted by Crippen LogP contribution is 2.69. The Bertz CT molecular complexity index is 1040. The number of aliphatic hydroxyl groups is 1. The van der Waals surface area contributed by atoms with Crippen molar-refractivity contribution in [3.63, 3.8) is 0 Å². The van der Waals surface area contributed by atoms with E-state index in [1.165, 1.54) is 11.1 Å². The number of likely N-dealkylation sites (tertiary alicyclic amines) is 1. The number of likely N-dealkylation sites (N-methyl/N-ethyl adjacent to an activating group) is 1. The van der Waals surface area contributed by atoms with E-state index >= 15 is 0 Å². The molecule has 1 N–H and O–H groups in total. The van der Waals surface area contributed by atoms with Gasteiger partial charge in [0.25, 0.3) is 8.32 Å². The van der Waals surface area contributed by atoms with Crippen molar-refractivity contribution < 1.29 is 28.2 Å². The summed E-state index contributed by atoms with van der Waals surface area (Å²) in [6.45, 7) is 16.1. The van der Waals surface area contributed by atoms with Crippen LogP contribution in [0.25, 0.3) is 0 Å². The van der Waals surface area contributed by atoms with E-state index in [4.69, 9.17) is 18.6 Å². The van der Waals surface area contributed by atoms with Crippen molar-refractivity contribution in [3.05, 3.63) is 23.3 Å². The van der Waals surface area contributed by atoms with Gasteiger partial charge < -0.3 is 28.2 Å². The average Bonchev–Trinajstić information content (AvgIpc) is 3.41. The van der Waals surface area contributed by atoms with Crippen LogP contribution in [0.3, 0.4) is 0 Å². The van der Waals surface area contributed by atoms with Crippen molar-refractivity contribution in [1.82, 2.24) is 0 Å². The molecule has 0 aromatic heterocycles. The van der Waals surface area contributed by atoms with Gasteiger partial charge in [-0.3, -0.25) is 0 Å². The molecule has 3 fully saturated rings. The molecule has 0 amide bonds. The molecule has 7 heteroatoms. The minimum atomic E-state index is -2.20. The Morgan fingerprint density at radius 2 is 1.61 bits per heavy atom. The summed E-state index contributed by atoms with van der Waals surface area (Å²) < 4.78 is 27.9. The molecule has 2 bridgehead atoms. The standard InChI is InChI=1S/C29H46NO5Si/c1-18(2)36(19(3)4,20(5)6)35-22-10-9-21-17-23-28(31)11-12-29(32-15-16-33-29)26-27(28,13-14-30(23,7)8)24(21)25(22)34-26/h9-10,18-20,23,26,31H,11-17H2,1-8H3/q+1/t23?,26?,27?,28-/m1/s1. The van der Waals surface area contributed by atoms with Gasteiger partial charge in [-0.15, -0.1) is 0 Å². The van der Waals surface area contributed by atoms with Gasteiger partial charge in [0.1, 0.15) is 17.4 Å². The fourth-order valence-electron chi connectivity index (χ4n) is 9.51. The molecule has 200 valence electrons. The Balaban J connectivity index is 1.57. The minimum Gasteiger partial charge on any atom is -0.540 e. The lowest BCUT2D eigenvalue weighted by Gasteiger charge is -2.65. The maximum Gasteiger partial charge on any atom is 0.258 e. The number of ether oxygens (including phenoxy) is 3. The number of piperidine rings is 1. The fourth-order valence-corrected chi connectivity index (χ4v) is 14.8. The van der Waals surface area contributed by atoms with Crippen LogP contribution in [-0.4, -0.2) is 75.3 Å². The van der Waals surface area contributed by atoms with Crippen LogP contribution in [0.5, 0.6) is 11.5 Å². The number of rotatable bonds is 5. The lowest BCUT2D eigenvalue weighted by atomic mass is 9.47. The zero-order valence-corrected chi connectivity index (χ0v) is 24.5. The highest BCUT2D eigenvalue weighted by atomic mass is 28.4. The number of quaternary nitrogens is 1. The van der Waals surface area contributed by atoms with E-state index in [-0.39, 0.29) is 12.1 Å². The molecule has 2 spiro atoms. The third-order valence-electron chi connectivity index (χ3n) is 11.0. The Morgan fingerprint density at radius 3 is 2.22 bits per heavy atom. The van der Waals surface area contributed by atoms with Crippen LogP contribution in [-0.2, 0) is 21.3 Å². The first kappa shape index (κ1) is 25.2. The van der Waals surface area contributed by atoms with Gasteiger partial charge in [0, 0.05) is 24.8 Å². The van der Waals surface area contributed by atoms with Crippen LogP contribution in [0.15, 0.2) is 12.1 Å². The Morgan fingerprint density at radius 1 is 0.972 bits per heavy atom. The highest BCUT2D eigenvalue weighted by Gasteiger charge is 2.79. The van der Waals surface area contributed by atoms with Gasteiger partial charge in [-0.2, -0.15) is 0 Å². The van der Waals surface area contributed by atoms with Crippen molar-refractivity contribution in [3.8, 4) is 11.5 Å². The molecule has 3 aliphatic heterocycles. The molecule has 1 aromatic carbocycles. The predicted octanol–water partition coefficient (Wildman–Crippen LogP) is 4.91. The molecule has 2 aliphatic carbocycles. The molecule has 2 saturated heterocycles. The van der Waals surface area contributed by atoms with E-state index in [1.807, 2.05) is 0 Å². The van der Waals surface area contributed by atoms with Gasteiger partial charge in [-0.25, -0.2) is 0 Å². The van der Waals surface area contributed by atoms with Crippen LogP contribution >= 0.6 is 0 Å². The highest BCUT2D eigenvalue weighted by molar-refractivity contribution is 6.78. The Hall–Kier alpha value is -1.12. The van der Waals surface area contributed by atoms with Gasteiger partial charge in [-0.05, 0) is 34.7 Å². The maximum atomic E-state index is 12.7. The molecule has 3 unspecified atom stereocenters. The third-order valence-corrected chi connectivity index (χ3v) is 17.0. The zero-order valence-electron chi connectivity index (χ0n) is 23.5. The van der Waals surface area contributed by atoms with Crippen LogP contribution in [0, 0.1) is 0 Å². The number of hydrogen-bond donors (Lipinski definition) is 1. The summed E-state index contributed by atoms with van der Waals surface area (Å²) in [4.78, 5) is 0. The van der Waals surface area contributed by atoms with Crippen LogP contribution in [0.1, 0.15) is 71.9 Å². The smallest absolute Gasteiger partial charge is 0.258 e. The summed E-state index contributed by atoms with van der Waals surface area (Å²) in [5, 5.41) is 12.7. The summed E-state index contributed by atoms with van der Waals surface area (Å²) in [7, 11) is 2.36. The molecular weight excluding hydrogens is 470 g/mol. The summed E-state index contributed by atoms with van der Waals surface area (Å²) >= 11 is 0. The molecule has 6 nitrogen and oxygen atoms in total. The average molecular weight is 517 g/mol. The third kappa shape index (κ3) is 2.82. The number of benzene rings is 1. The first-order valence-corrected chi connectivity index (χ1v) is 16.3. The van der Waals surface area contributed by atoms with E-state index in [2.05, 4.69) is 67.8 Å². The molecule has 3 heterocycles. The Labute approximate surface area is 218 Å². The van der Waals surface area contributed by atoms with E-state index in [0.717, 1.165) is 35.4 Å². The number of fused-ring (bicyclic) bond motifs is 1. The maximum absolute atomic E-state index is 12.7. The second-order valence-electron chi connectivity index (χ2n) is 13.7. The van der Waals surface area contributed by atoms with E-state index in [0.29, 0.717) is 42.7 Å². The first-order valence-electron chi connectivity index (χ1n) is 14.2. The molecule has 36 heavy (non-hydrogen) atoms. The molecule has 1 saturated carbocycles. The van der Waals surface area contributed by atoms with Gasteiger partial charge in [0.2, 0.25) is 5.79 Å². The van der Waals surface area contributed by atoms with Crippen LogP contribution in [0.4, 0.5) is 0 Å². The zero-order chi connectivity index (χ0) is 25.9. The monoisotopic (exact) mass is 516 g/mol. The second kappa shape index (κ2) is 7.72. The molecule has 4 atom stereocenters. The lowest BCUT2D eigenvalue weighted by Crippen LogP contribution is -2.82. The van der Waals surface area contributed by atoms with Crippen molar-refractivity contribution in [2.24, 2.45) is 0 Å². The van der Waals surface area contributed by atoms with Crippen molar-refractivity contribution in [2.45, 2.75) is 113 Å². The normalized spacial score (nSPS) is 35.4. The molecule has 5 aliphatic rings. The minimum absolute atomic E-state index is 0.122. The molecule has 6 rings (SSSR count). The molecule has 0 radical (unpaired) electrons. The van der Waals surface area contributed by atoms with Crippen molar-refractivity contribution in [2.75, 3.05) is 33.9 Å². The summed E-state index contributed by atoms with van der Waals surface area (Å²) in [6, 6.07) is 4.56. The summed E-state index contributed by atoms with van der Waals surface area (Å²) in [5.41, 5.74) is 2.49. The topological polar surface area (TPSA) is 57.2 Å². The van der Waals surface area contributed by atoms with E-state index < -0.39 is 25.1 Å². The van der Waals surface area contributed by atoms with Gasteiger partial charge in [0.15, 0.2) is 11.9 Å². The molecule has 1 aromatic rings. The van der Waals surface area contributed by atoms with Gasteiger partial charge in [-0.1, -0.05) is 47.6 Å². The SMILES string of the molecule is CC(C)[Si](Oc1ccc2c3c1OC1C4(CC[C@@]5(O)C(C2)[N+](C)(C)CCC315)OCCO4)(C(C)C)C(C)C. The van der Waals surface area contributed by atoms with Crippen LogP contribution < -0.4 is 9.16 Å². The van der Waals surface area contributed by atoms with Crippen molar-refractivity contribution in [1.29, 1.82) is 0 Å². The number of hydrogen-bond acceptors (Lipinski definition) is 5. The van der Waals surface area contributed by atoms with E-state index in [1.54, 1.807) is 0 Å². The Kier molecular flexibility index (Phi) is 5.40. The van der Waals surface area contributed by atoms with Crippen LogP contribution in [0.2, 0.25) is 16.6 Å². The summed E-state index contributed by atoms with van der Waals surface area (Å²) in [5.74, 6) is 0.938. The lowest BCUT2D eigenvalue weighted by molar-refractivity contribution is -0.932. The second-order valence-corrected chi connectivity index (χ2v) is 19.1. The van der Waals surface area contributed by atoms with Gasteiger partial charge in [0.05, 0.1) is 39.3 Å². The van der Waals surface area contributed by atoms with E-state index in [9.17, 15) is 5.11 Å². The van der Waals surface area contributed by atoms with Gasteiger partial charge >= 0.3 is 0 Å². The fraction of sp³-hybridized carbons (Fsp3) is 0.793. The first-order chi connectivity index (χ1) is 16.9. The largest absolute Gasteiger partial charge is 0.540 e. The number of nitrogens with zero attached hydrogens (tertiary/aromatic N) is 1. The predicted molar refractivity (Wildman–Crippen MR) is 142 cm³/mol. The van der Waals surface area contributed by atoms with Crippen molar-refractivity contribution >= 4 is 8.32 Å². The quantitative estimate of drug-likeness (QED) is 0.445. The summed E-state index contributed by atoms with van der Waals surface area (Å²) in [6.07, 6.45) is 2.69. The molecular formula is C29H46NO5Si+.